The minimum atomic E-state index is -1.49. The maximum absolute atomic E-state index is 10.5. The van der Waals surface area contributed by atoms with E-state index in [1.54, 1.807) is 12.1 Å². The van der Waals surface area contributed by atoms with Crippen LogP contribution in [0.5, 0.6) is 0 Å². The number of rotatable bonds is 4. The van der Waals surface area contributed by atoms with Crippen molar-refractivity contribution in [3.8, 4) is 0 Å². The molecule has 5 heteroatoms. The molecule has 0 bridgehead atoms. The molecule has 1 unspecified atom stereocenters. The molecule has 0 fully saturated rings. The quantitative estimate of drug-likeness (QED) is 0.499. The van der Waals surface area contributed by atoms with Crippen LogP contribution in [0.3, 0.4) is 0 Å². The summed E-state index contributed by atoms with van der Waals surface area (Å²) in [5.74, 6) is 0. The molecule has 0 aliphatic heterocycles. The Balaban J connectivity index is 3.00. The molecule has 0 heterocycles. The fourth-order valence-electron chi connectivity index (χ4n) is 1.71. The third-order valence-electron chi connectivity index (χ3n) is 2.73. The fraction of sp³-hybridized carbons (Fsp3) is 0.455. The summed E-state index contributed by atoms with van der Waals surface area (Å²) in [4.78, 5) is 10.1. The highest BCUT2D eigenvalue weighted by Gasteiger charge is 2.27. The van der Waals surface area contributed by atoms with Crippen molar-refractivity contribution < 1.29 is 10.0 Å². The van der Waals surface area contributed by atoms with Crippen molar-refractivity contribution in [3.63, 3.8) is 0 Å². The molecule has 0 saturated heterocycles. The van der Waals surface area contributed by atoms with E-state index in [4.69, 9.17) is 0 Å². The summed E-state index contributed by atoms with van der Waals surface area (Å²) in [7, 11) is -1.49. The van der Waals surface area contributed by atoms with Gasteiger partial charge in [-0.15, -0.1) is 0 Å². The highest BCUT2D eigenvalue weighted by molar-refractivity contribution is 6.77. The van der Waals surface area contributed by atoms with E-state index in [0.29, 0.717) is 0 Å². The minimum Gasteiger partial charge on any atom is -0.396 e. The number of nitro benzene ring substituents is 1. The summed E-state index contributed by atoms with van der Waals surface area (Å²) in [5.41, 5.74) is 1.22. The summed E-state index contributed by atoms with van der Waals surface area (Å²) in [6.07, 6.45) is 0. The first-order valence-electron chi connectivity index (χ1n) is 5.21. The number of non-ortho nitro benzene ring substituents is 1. The molecule has 0 spiro atoms. The molecule has 1 aromatic carbocycles. The predicted octanol–water partition coefficient (Wildman–Crippen LogP) is 2.55. The van der Waals surface area contributed by atoms with Crippen molar-refractivity contribution in [2.24, 2.45) is 0 Å². The molecule has 4 nitrogen and oxygen atoms in total. The Labute approximate surface area is 96.1 Å². The number of nitrogens with zero attached hydrogens (tertiary/aromatic N) is 1. The SMILES string of the molecule is C[Si](C)(C)C(CO)c1ccc([N+](=O)[O-])cc1. The number of benzene rings is 1. The van der Waals surface area contributed by atoms with E-state index in [1.807, 2.05) is 0 Å². The standard InChI is InChI=1S/C11H17NO3Si/c1-16(2,3)11(8-13)9-4-6-10(7-5-9)12(14)15/h4-7,11,13H,8H2,1-3H3. The predicted molar refractivity (Wildman–Crippen MR) is 66.3 cm³/mol. The molecule has 0 aliphatic carbocycles. The zero-order valence-electron chi connectivity index (χ0n) is 9.80. The second kappa shape index (κ2) is 4.76. The molecule has 0 amide bonds. The number of aliphatic hydroxyl groups is 1. The number of nitro groups is 1. The van der Waals surface area contributed by atoms with Crippen LogP contribution in [0.25, 0.3) is 0 Å². The number of aliphatic hydroxyl groups excluding tert-OH is 1. The summed E-state index contributed by atoms with van der Waals surface area (Å²) in [6, 6.07) is 6.49. The van der Waals surface area contributed by atoms with E-state index in [-0.39, 0.29) is 17.8 Å². The van der Waals surface area contributed by atoms with E-state index in [0.717, 1.165) is 5.56 Å². The fourth-order valence-corrected chi connectivity index (χ4v) is 3.45. The maximum Gasteiger partial charge on any atom is 0.269 e. The summed E-state index contributed by atoms with van der Waals surface area (Å²) >= 11 is 0. The van der Waals surface area contributed by atoms with Gasteiger partial charge in [-0.3, -0.25) is 10.1 Å². The second-order valence-corrected chi connectivity index (χ2v) is 10.4. The van der Waals surface area contributed by atoms with Gasteiger partial charge in [0.1, 0.15) is 0 Å². The first-order chi connectivity index (χ1) is 7.36. The Morgan fingerprint density at radius 1 is 1.31 bits per heavy atom. The average molecular weight is 239 g/mol. The molecule has 0 aromatic heterocycles. The zero-order valence-corrected chi connectivity index (χ0v) is 10.8. The van der Waals surface area contributed by atoms with Crippen LogP contribution in [-0.4, -0.2) is 24.7 Å². The molecule has 0 aliphatic rings. The minimum absolute atomic E-state index is 0.0935. The molecule has 16 heavy (non-hydrogen) atoms. The average Bonchev–Trinajstić information content (AvgIpc) is 2.17. The number of hydrogen-bond donors (Lipinski definition) is 1. The second-order valence-electron chi connectivity index (χ2n) is 4.95. The van der Waals surface area contributed by atoms with Crippen molar-refractivity contribution >= 4 is 13.8 Å². The van der Waals surface area contributed by atoms with E-state index in [2.05, 4.69) is 19.6 Å². The van der Waals surface area contributed by atoms with Gasteiger partial charge in [0.25, 0.3) is 5.69 Å². The lowest BCUT2D eigenvalue weighted by Crippen LogP contribution is -2.33. The van der Waals surface area contributed by atoms with Crippen molar-refractivity contribution in [3.05, 3.63) is 39.9 Å². The lowest BCUT2D eigenvalue weighted by Gasteiger charge is -2.27. The highest BCUT2D eigenvalue weighted by atomic mass is 28.3. The summed E-state index contributed by atoms with van der Waals surface area (Å²) in [5, 5.41) is 19.9. The summed E-state index contributed by atoms with van der Waals surface area (Å²) in [6.45, 7) is 6.63. The third kappa shape index (κ3) is 2.90. The van der Waals surface area contributed by atoms with Gasteiger partial charge in [-0.05, 0) is 5.56 Å². The Hall–Kier alpha value is -1.20. The van der Waals surface area contributed by atoms with Gasteiger partial charge in [-0.1, -0.05) is 31.8 Å². The largest absolute Gasteiger partial charge is 0.396 e. The van der Waals surface area contributed by atoms with Crippen molar-refractivity contribution in [1.82, 2.24) is 0 Å². The van der Waals surface area contributed by atoms with Gasteiger partial charge in [0, 0.05) is 24.3 Å². The van der Waals surface area contributed by atoms with Crippen LogP contribution in [0.1, 0.15) is 11.1 Å². The van der Waals surface area contributed by atoms with Gasteiger partial charge in [0.05, 0.1) is 13.0 Å². The first-order valence-corrected chi connectivity index (χ1v) is 8.79. The molecule has 1 rings (SSSR count). The van der Waals surface area contributed by atoms with Crippen LogP contribution in [0.2, 0.25) is 19.6 Å². The highest BCUT2D eigenvalue weighted by Crippen LogP contribution is 2.27. The lowest BCUT2D eigenvalue weighted by atomic mass is 10.1. The number of hydrogen-bond acceptors (Lipinski definition) is 3. The molecule has 1 N–H and O–H groups in total. The smallest absolute Gasteiger partial charge is 0.269 e. The third-order valence-corrected chi connectivity index (χ3v) is 5.34. The zero-order chi connectivity index (χ0) is 12.3. The molecule has 88 valence electrons. The first kappa shape index (κ1) is 12.9. The van der Waals surface area contributed by atoms with Gasteiger partial charge in [-0.25, -0.2) is 0 Å². The van der Waals surface area contributed by atoms with Crippen molar-refractivity contribution in [2.45, 2.75) is 25.2 Å². The molecular weight excluding hydrogens is 222 g/mol. The monoisotopic (exact) mass is 239 g/mol. The van der Waals surface area contributed by atoms with E-state index in [9.17, 15) is 15.2 Å². The molecule has 1 aromatic rings. The van der Waals surface area contributed by atoms with E-state index >= 15 is 0 Å². The van der Waals surface area contributed by atoms with Crippen LogP contribution in [0.15, 0.2) is 24.3 Å². The Morgan fingerprint density at radius 2 is 1.81 bits per heavy atom. The van der Waals surface area contributed by atoms with E-state index < -0.39 is 13.0 Å². The lowest BCUT2D eigenvalue weighted by molar-refractivity contribution is -0.384. The Bertz CT molecular complexity index is 370. The van der Waals surface area contributed by atoms with Crippen LogP contribution >= 0.6 is 0 Å². The molecule has 0 radical (unpaired) electrons. The normalized spacial score (nSPS) is 13.5. The maximum atomic E-state index is 10.5. The summed E-state index contributed by atoms with van der Waals surface area (Å²) < 4.78 is 0. The molecule has 1 atom stereocenters. The van der Waals surface area contributed by atoms with Gasteiger partial charge < -0.3 is 5.11 Å². The van der Waals surface area contributed by atoms with Crippen LogP contribution in [-0.2, 0) is 0 Å². The van der Waals surface area contributed by atoms with Gasteiger partial charge >= 0.3 is 0 Å². The molecular formula is C11H17NO3Si. The topological polar surface area (TPSA) is 63.4 Å². The van der Waals surface area contributed by atoms with Gasteiger partial charge in [0.2, 0.25) is 0 Å². The Kier molecular flexibility index (Phi) is 3.82. The van der Waals surface area contributed by atoms with Gasteiger partial charge in [-0.2, -0.15) is 0 Å². The molecule has 0 saturated carbocycles. The van der Waals surface area contributed by atoms with Crippen LogP contribution in [0.4, 0.5) is 5.69 Å². The Morgan fingerprint density at radius 3 is 2.12 bits per heavy atom. The van der Waals surface area contributed by atoms with Crippen molar-refractivity contribution in [2.75, 3.05) is 6.61 Å². The van der Waals surface area contributed by atoms with E-state index in [1.165, 1.54) is 12.1 Å². The van der Waals surface area contributed by atoms with Gasteiger partial charge in [0.15, 0.2) is 0 Å². The van der Waals surface area contributed by atoms with Crippen molar-refractivity contribution in [1.29, 1.82) is 0 Å². The van der Waals surface area contributed by atoms with Crippen LogP contribution < -0.4 is 0 Å². The van der Waals surface area contributed by atoms with Crippen LogP contribution in [0, 0.1) is 10.1 Å².